The standard InChI is InChI=1S/C27H36FNO/c28-9-8-25-13-20-14-26(17-25,23-4-2-1-3-5-23)19-27(15-20,18-25)24(30)12-22-16-29-10-6-21(22)7-11-29/h1-5,20-22H,6-19H2/t20?,22-,25-,26-,27?/m0/s1. The highest BCUT2D eigenvalue weighted by Gasteiger charge is 2.65. The first-order valence-corrected chi connectivity index (χ1v) is 12.4. The normalized spacial score (nSPS) is 46.3. The van der Waals surface area contributed by atoms with E-state index < -0.39 is 0 Å². The number of ketones is 1. The van der Waals surface area contributed by atoms with Gasteiger partial charge < -0.3 is 4.90 Å². The van der Waals surface area contributed by atoms with Crippen LogP contribution in [-0.2, 0) is 10.2 Å². The predicted molar refractivity (Wildman–Crippen MR) is 117 cm³/mol. The number of Topliss-reactive ketones (excluding diaryl/α,β-unsaturated/α-hetero) is 1. The van der Waals surface area contributed by atoms with E-state index >= 15 is 0 Å². The number of hydrogen-bond donors (Lipinski definition) is 0. The van der Waals surface area contributed by atoms with Gasteiger partial charge in [0.1, 0.15) is 5.78 Å². The fraction of sp³-hybridized carbons (Fsp3) is 0.741. The minimum atomic E-state index is -0.235. The van der Waals surface area contributed by atoms with Gasteiger partial charge in [-0.2, -0.15) is 0 Å². The second kappa shape index (κ2) is 6.89. The third-order valence-electron chi connectivity index (χ3n) is 10.0. The first-order chi connectivity index (χ1) is 14.5. The number of rotatable bonds is 6. The lowest BCUT2D eigenvalue weighted by molar-refractivity contribution is -0.164. The van der Waals surface area contributed by atoms with Crippen molar-refractivity contribution < 1.29 is 9.18 Å². The average molecular weight is 410 g/mol. The van der Waals surface area contributed by atoms with Crippen LogP contribution in [-0.4, -0.2) is 37.0 Å². The van der Waals surface area contributed by atoms with Gasteiger partial charge >= 0.3 is 0 Å². The van der Waals surface area contributed by atoms with Gasteiger partial charge in [0.15, 0.2) is 0 Å². The Morgan fingerprint density at radius 3 is 2.53 bits per heavy atom. The lowest BCUT2D eigenvalue weighted by atomic mass is 9.37. The maximum atomic E-state index is 14.0. The SMILES string of the molecule is O=C(C[C@H]1CN2CCC1CC2)C12CC3C[C@](CCF)(C1)C[C@@](c1ccccc1)(C3)C2. The van der Waals surface area contributed by atoms with Gasteiger partial charge in [-0.1, -0.05) is 30.3 Å². The second-order valence-corrected chi connectivity index (χ2v) is 11.9. The molecule has 0 aromatic heterocycles. The Bertz CT molecular complexity index is 817. The number of halogens is 1. The number of fused-ring (bicyclic) bond motifs is 3. The molecule has 8 rings (SSSR count). The van der Waals surface area contributed by atoms with E-state index in [2.05, 4.69) is 35.2 Å². The fourth-order valence-electron chi connectivity index (χ4n) is 9.32. The van der Waals surface area contributed by atoms with E-state index in [4.69, 9.17) is 0 Å². The van der Waals surface area contributed by atoms with Crippen LogP contribution in [0.2, 0.25) is 0 Å². The first-order valence-electron chi connectivity index (χ1n) is 12.4. The van der Waals surface area contributed by atoms with Crippen LogP contribution in [0.3, 0.4) is 0 Å². The van der Waals surface area contributed by atoms with E-state index in [9.17, 15) is 9.18 Å². The maximum absolute atomic E-state index is 14.0. The lowest BCUT2D eigenvalue weighted by Crippen LogP contribution is -2.61. The summed E-state index contributed by atoms with van der Waals surface area (Å²) in [4.78, 5) is 16.6. The zero-order valence-corrected chi connectivity index (χ0v) is 18.3. The van der Waals surface area contributed by atoms with Gasteiger partial charge in [0, 0.05) is 18.4 Å². The highest BCUT2D eigenvalue weighted by Crippen LogP contribution is 2.71. The molecule has 6 bridgehead atoms. The molecule has 4 aliphatic carbocycles. The molecule has 0 amide bonds. The summed E-state index contributed by atoms with van der Waals surface area (Å²) < 4.78 is 13.7. The van der Waals surface area contributed by atoms with E-state index in [1.165, 1.54) is 37.9 Å². The molecule has 3 heterocycles. The number of carbonyl (C=O) groups excluding carboxylic acids is 1. The molecule has 4 saturated carbocycles. The molecule has 1 aromatic rings. The summed E-state index contributed by atoms with van der Waals surface area (Å²) in [6.45, 7) is 3.37. The van der Waals surface area contributed by atoms with Crippen LogP contribution in [0, 0.1) is 28.6 Å². The van der Waals surface area contributed by atoms with Gasteiger partial charge in [0.25, 0.3) is 0 Å². The number of piperidine rings is 3. The fourth-order valence-corrected chi connectivity index (χ4v) is 9.32. The Labute approximate surface area is 180 Å². The monoisotopic (exact) mass is 409 g/mol. The number of nitrogens with zero attached hydrogens (tertiary/aromatic N) is 1. The molecule has 30 heavy (non-hydrogen) atoms. The van der Waals surface area contributed by atoms with Gasteiger partial charge in [-0.3, -0.25) is 9.18 Å². The highest BCUT2D eigenvalue weighted by atomic mass is 19.1. The highest BCUT2D eigenvalue weighted by molar-refractivity contribution is 5.86. The van der Waals surface area contributed by atoms with Gasteiger partial charge in [0.2, 0.25) is 0 Å². The van der Waals surface area contributed by atoms with Gasteiger partial charge in [0.05, 0.1) is 6.67 Å². The van der Waals surface area contributed by atoms with Crippen molar-refractivity contribution in [2.24, 2.45) is 28.6 Å². The van der Waals surface area contributed by atoms with Gasteiger partial charge in [-0.05, 0) is 105 Å². The molecule has 5 atom stereocenters. The summed E-state index contributed by atoms with van der Waals surface area (Å²) in [5, 5.41) is 0. The van der Waals surface area contributed by atoms with Crippen molar-refractivity contribution >= 4 is 5.78 Å². The Morgan fingerprint density at radius 1 is 1.03 bits per heavy atom. The quantitative estimate of drug-likeness (QED) is 0.613. The Balaban J connectivity index is 1.33. The second-order valence-electron chi connectivity index (χ2n) is 11.9. The third kappa shape index (κ3) is 2.94. The Morgan fingerprint density at radius 2 is 1.83 bits per heavy atom. The molecule has 3 heteroatoms. The minimum Gasteiger partial charge on any atom is -0.303 e. The molecule has 0 spiro atoms. The summed E-state index contributed by atoms with van der Waals surface area (Å²) >= 11 is 0. The van der Waals surface area contributed by atoms with Crippen molar-refractivity contribution in [1.82, 2.24) is 4.90 Å². The van der Waals surface area contributed by atoms with Crippen molar-refractivity contribution in [1.29, 1.82) is 0 Å². The maximum Gasteiger partial charge on any atom is 0.139 e. The number of benzene rings is 1. The molecule has 3 aliphatic heterocycles. The van der Waals surface area contributed by atoms with Crippen molar-refractivity contribution in [3.8, 4) is 0 Å². The molecular weight excluding hydrogens is 373 g/mol. The molecule has 2 nitrogen and oxygen atoms in total. The molecule has 2 unspecified atom stereocenters. The van der Waals surface area contributed by atoms with Crippen molar-refractivity contribution in [3.63, 3.8) is 0 Å². The summed E-state index contributed by atoms with van der Waals surface area (Å²) in [5.74, 6) is 2.48. The van der Waals surface area contributed by atoms with Crippen LogP contribution in [0.5, 0.6) is 0 Å². The zero-order valence-electron chi connectivity index (χ0n) is 18.3. The van der Waals surface area contributed by atoms with E-state index in [1.54, 1.807) is 0 Å². The van der Waals surface area contributed by atoms with E-state index in [-0.39, 0.29) is 22.9 Å². The van der Waals surface area contributed by atoms with Gasteiger partial charge in [-0.15, -0.1) is 0 Å². The summed E-state index contributed by atoms with van der Waals surface area (Å²) in [6.07, 6.45) is 10.5. The molecule has 7 aliphatic rings. The zero-order chi connectivity index (χ0) is 20.4. The van der Waals surface area contributed by atoms with Crippen molar-refractivity contribution in [2.45, 2.75) is 69.6 Å². The van der Waals surface area contributed by atoms with Crippen molar-refractivity contribution in [2.75, 3.05) is 26.3 Å². The van der Waals surface area contributed by atoms with E-state index in [0.717, 1.165) is 51.0 Å². The topological polar surface area (TPSA) is 20.3 Å². The first kappa shape index (κ1) is 19.5. The largest absolute Gasteiger partial charge is 0.303 e. The molecule has 1 aromatic carbocycles. The molecule has 3 saturated heterocycles. The van der Waals surface area contributed by atoms with Crippen LogP contribution < -0.4 is 0 Å². The Kier molecular flexibility index (Phi) is 4.47. The molecule has 7 fully saturated rings. The molecule has 162 valence electrons. The smallest absolute Gasteiger partial charge is 0.139 e. The molecule has 0 radical (unpaired) electrons. The van der Waals surface area contributed by atoms with Crippen LogP contribution >= 0.6 is 0 Å². The third-order valence-corrected chi connectivity index (χ3v) is 10.0. The lowest BCUT2D eigenvalue weighted by Gasteiger charge is -2.66. The van der Waals surface area contributed by atoms with Crippen LogP contribution in [0.25, 0.3) is 0 Å². The van der Waals surface area contributed by atoms with E-state index in [0.29, 0.717) is 24.0 Å². The molecule has 0 N–H and O–H groups in total. The van der Waals surface area contributed by atoms with Crippen LogP contribution in [0.4, 0.5) is 4.39 Å². The summed E-state index contributed by atoms with van der Waals surface area (Å²) in [6, 6.07) is 11.0. The van der Waals surface area contributed by atoms with Crippen LogP contribution in [0.15, 0.2) is 30.3 Å². The number of hydrogen-bond acceptors (Lipinski definition) is 2. The Hall–Kier alpha value is -1.22. The number of alkyl halides is 1. The van der Waals surface area contributed by atoms with Crippen molar-refractivity contribution in [3.05, 3.63) is 35.9 Å². The van der Waals surface area contributed by atoms with E-state index in [1.807, 2.05) is 0 Å². The predicted octanol–water partition coefficient (Wildman–Crippen LogP) is 5.56. The summed E-state index contributed by atoms with van der Waals surface area (Å²) in [5.41, 5.74) is 1.38. The molecular formula is C27H36FNO. The summed E-state index contributed by atoms with van der Waals surface area (Å²) in [7, 11) is 0. The van der Waals surface area contributed by atoms with Crippen LogP contribution in [0.1, 0.15) is 69.8 Å². The number of carbonyl (C=O) groups is 1. The minimum absolute atomic E-state index is 0.0503. The van der Waals surface area contributed by atoms with Gasteiger partial charge in [-0.25, -0.2) is 0 Å². The average Bonchev–Trinajstić information content (AvgIpc) is 2.74.